The summed E-state index contributed by atoms with van der Waals surface area (Å²) in [5.41, 5.74) is -0.757. The Morgan fingerprint density at radius 3 is 2.68 bits per heavy atom. The molecule has 22 heavy (non-hydrogen) atoms. The highest BCUT2D eigenvalue weighted by Crippen LogP contribution is 2.33. The summed E-state index contributed by atoms with van der Waals surface area (Å²) in [6.45, 7) is 3.70. The van der Waals surface area contributed by atoms with E-state index in [1.165, 1.54) is 0 Å². The van der Waals surface area contributed by atoms with E-state index in [1.54, 1.807) is 31.2 Å². The van der Waals surface area contributed by atoms with Crippen LogP contribution in [0.1, 0.15) is 25.8 Å². The van der Waals surface area contributed by atoms with Gasteiger partial charge in [-0.05, 0) is 19.4 Å². The van der Waals surface area contributed by atoms with Crippen LogP contribution in [0.3, 0.4) is 0 Å². The molecular weight excluding hydrogens is 306 g/mol. The van der Waals surface area contributed by atoms with E-state index in [0.717, 1.165) is 11.3 Å². The van der Waals surface area contributed by atoms with Gasteiger partial charge in [0.05, 0.1) is 0 Å². The molecule has 0 aromatic heterocycles. The van der Waals surface area contributed by atoms with Gasteiger partial charge in [-0.25, -0.2) is 4.79 Å². The standard InChI is InChI=1S/C15H18ClN3O3/c1-3-8-17-12(20)9-19-13(21)15(2,18-14(19)22)10-6-4-5-7-11(10)16/h4-7H,3,8-9H2,1-2H3,(H,17,20)(H,18,22). The highest BCUT2D eigenvalue weighted by Gasteiger charge is 2.50. The van der Waals surface area contributed by atoms with E-state index in [1.807, 2.05) is 6.92 Å². The first kappa shape index (κ1) is 16.3. The minimum Gasteiger partial charge on any atom is -0.355 e. The third kappa shape index (κ3) is 2.92. The van der Waals surface area contributed by atoms with Gasteiger partial charge in [0.2, 0.25) is 5.91 Å². The van der Waals surface area contributed by atoms with E-state index in [9.17, 15) is 14.4 Å². The van der Waals surface area contributed by atoms with Gasteiger partial charge in [0.1, 0.15) is 12.1 Å². The number of hydrogen-bond acceptors (Lipinski definition) is 3. The van der Waals surface area contributed by atoms with Gasteiger partial charge in [-0.2, -0.15) is 0 Å². The molecule has 4 amide bonds. The summed E-state index contributed by atoms with van der Waals surface area (Å²) in [5, 5.41) is 5.65. The molecule has 0 spiro atoms. The van der Waals surface area contributed by atoms with Crippen LogP contribution in [0, 0.1) is 0 Å². The summed E-state index contributed by atoms with van der Waals surface area (Å²) < 4.78 is 0. The minimum absolute atomic E-state index is 0.301. The molecule has 1 aliphatic heterocycles. The lowest BCUT2D eigenvalue weighted by molar-refractivity contribution is -0.134. The molecule has 1 heterocycles. The first-order chi connectivity index (χ1) is 10.4. The summed E-state index contributed by atoms with van der Waals surface area (Å²) >= 11 is 6.13. The van der Waals surface area contributed by atoms with Crippen molar-refractivity contribution in [1.29, 1.82) is 0 Å². The molecule has 1 fully saturated rings. The van der Waals surface area contributed by atoms with Crippen LogP contribution in [-0.2, 0) is 15.1 Å². The van der Waals surface area contributed by atoms with Crippen LogP contribution in [0.5, 0.6) is 0 Å². The maximum Gasteiger partial charge on any atom is 0.325 e. The van der Waals surface area contributed by atoms with Crippen molar-refractivity contribution < 1.29 is 14.4 Å². The fraction of sp³-hybridized carbons (Fsp3) is 0.400. The zero-order valence-corrected chi connectivity index (χ0v) is 13.2. The molecule has 1 aromatic rings. The second-order valence-corrected chi connectivity index (χ2v) is 5.68. The number of carbonyl (C=O) groups is 3. The maximum atomic E-state index is 12.6. The topological polar surface area (TPSA) is 78.5 Å². The van der Waals surface area contributed by atoms with Crippen LogP contribution < -0.4 is 10.6 Å². The fourth-order valence-electron chi connectivity index (χ4n) is 2.35. The molecule has 1 saturated heterocycles. The van der Waals surface area contributed by atoms with E-state index < -0.39 is 17.5 Å². The predicted molar refractivity (Wildman–Crippen MR) is 82.3 cm³/mol. The third-order valence-corrected chi connectivity index (χ3v) is 3.89. The zero-order chi connectivity index (χ0) is 16.3. The Bertz CT molecular complexity index is 620. The quantitative estimate of drug-likeness (QED) is 0.808. The summed E-state index contributed by atoms with van der Waals surface area (Å²) in [5.74, 6) is -0.856. The molecular formula is C15H18ClN3O3. The van der Waals surface area contributed by atoms with Gasteiger partial charge in [-0.15, -0.1) is 0 Å². The van der Waals surface area contributed by atoms with Gasteiger partial charge in [-0.3, -0.25) is 14.5 Å². The summed E-state index contributed by atoms with van der Waals surface area (Å²) in [6, 6.07) is 6.22. The Labute approximate surface area is 133 Å². The second kappa shape index (κ2) is 6.36. The number of imide groups is 1. The average Bonchev–Trinajstić information content (AvgIpc) is 2.70. The Balaban J connectivity index is 2.21. The smallest absolute Gasteiger partial charge is 0.325 e. The number of carbonyl (C=O) groups excluding carboxylic acids is 3. The molecule has 6 nitrogen and oxygen atoms in total. The SMILES string of the molecule is CCCNC(=O)CN1C(=O)NC(C)(c2ccccc2Cl)C1=O. The number of nitrogens with one attached hydrogen (secondary N) is 2. The molecule has 2 rings (SSSR count). The Hall–Kier alpha value is -2.08. The van der Waals surface area contributed by atoms with Gasteiger partial charge >= 0.3 is 6.03 Å². The first-order valence-corrected chi connectivity index (χ1v) is 7.43. The molecule has 0 saturated carbocycles. The van der Waals surface area contributed by atoms with Gasteiger partial charge in [0, 0.05) is 17.1 Å². The zero-order valence-electron chi connectivity index (χ0n) is 12.5. The molecule has 1 aromatic carbocycles. The summed E-state index contributed by atoms with van der Waals surface area (Å²) in [7, 11) is 0. The Kier molecular flexibility index (Phi) is 4.71. The van der Waals surface area contributed by atoms with Crippen molar-refractivity contribution in [1.82, 2.24) is 15.5 Å². The lowest BCUT2D eigenvalue weighted by Crippen LogP contribution is -2.43. The molecule has 0 radical (unpaired) electrons. The van der Waals surface area contributed by atoms with Crippen molar-refractivity contribution in [3.8, 4) is 0 Å². The number of hydrogen-bond donors (Lipinski definition) is 2. The maximum absolute atomic E-state index is 12.6. The van der Waals surface area contributed by atoms with Crippen molar-refractivity contribution in [2.24, 2.45) is 0 Å². The second-order valence-electron chi connectivity index (χ2n) is 5.28. The Morgan fingerprint density at radius 1 is 1.36 bits per heavy atom. The lowest BCUT2D eigenvalue weighted by Gasteiger charge is -2.23. The van der Waals surface area contributed by atoms with E-state index in [4.69, 9.17) is 11.6 Å². The number of halogens is 1. The number of nitrogens with zero attached hydrogens (tertiary/aromatic N) is 1. The molecule has 1 aliphatic rings. The van der Waals surface area contributed by atoms with Crippen molar-refractivity contribution in [3.63, 3.8) is 0 Å². The van der Waals surface area contributed by atoms with Crippen LogP contribution in [0.15, 0.2) is 24.3 Å². The van der Waals surface area contributed by atoms with E-state index in [0.29, 0.717) is 17.1 Å². The number of urea groups is 1. The molecule has 1 atom stereocenters. The van der Waals surface area contributed by atoms with Crippen LogP contribution in [0.25, 0.3) is 0 Å². The van der Waals surface area contributed by atoms with Gasteiger partial charge in [0.25, 0.3) is 5.91 Å². The average molecular weight is 324 g/mol. The monoisotopic (exact) mass is 323 g/mol. The van der Waals surface area contributed by atoms with Gasteiger partial charge in [-0.1, -0.05) is 36.7 Å². The Morgan fingerprint density at radius 2 is 2.05 bits per heavy atom. The van der Waals surface area contributed by atoms with Gasteiger partial charge < -0.3 is 10.6 Å². The van der Waals surface area contributed by atoms with Crippen molar-refractivity contribution >= 4 is 29.4 Å². The fourth-order valence-corrected chi connectivity index (χ4v) is 2.68. The van der Waals surface area contributed by atoms with Crippen LogP contribution in [0.4, 0.5) is 4.79 Å². The summed E-state index contributed by atoms with van der Waals surface area (Å²) in [4.78, 5) is 37.3. The first-order valence-electron chi connectivity index (χ1n) is 7.06. The van der Waals surface area contributed by atoms with E-state index in [2.05, 4.69) is 10.6 Å². The number of benzene rings is 1. The molecule has 0 aliphatic carbocycles. The van der Waals surface area contributed by atoms with Crippen LogP contribution in [0.2, 0.25) is 5.02 Å². The van der Waals surface area contributed by atoms with Crippen LogP contribution in [-0.4, -0.2) is 35.8 Å². The molecule has 2 N–H and O–H groups in total. The van der Waals surface area contributed by atoms with Crippen molar-refractivity contribution in [3.05, 3.63) is 34.9 Å². The largest absolute Gasteiger partial charge is 0.355 e. The number of rotatable bonds is 5. The highest BCUT2D eigenvalue weighted by molar-refractivity contribution is 6.32. The third-order valence-electron chi connectivity index (χ3n) is 3.56. The van der Waals surface area contributed by atoms with E-state index >= 15 is 0 Å². The predicted octanol–water partition coefficient (Wildman–Crippen LogP) is 1.63. The minimum atomic E-state index is -1.26. The normalized spacial score (nSPS) is 21.0. The lowest BCUT2D eigenvalue weighted by atomic mass is 9.92. The molecule has 1 unspecified atom stereocenters. The van der Waals surface area contributed by atoms with E-state index in [-0.39, 0.29) is 12.5 Å². The molecule has 118 valence electrons. The van der Waals surface area contributed by atoms with Gasteiger partial charge in [0.15, 0.2) is 0 Å². The van der Waals surface area contributed by atoms with Crippen molar-refractivity contribution in [2.45, 2.75) is 25.8 Å². The van der Waals surface area contributed by atoms with Crippen LogP contribution >= 0.6 is 11.6 Å². The highest BCUT2D eigenvalue weighted by atomic mass is 35.5. The summed E-state index contributed by atoms with van der Waals surface area (Å²) in [6.07, 6.45) is 0.781. The molecule has 0 bridgehead atoms. The molecule has 7 heteroatoms. The van der Waals surface area contributed by atoms with Crippen molar-refractivity contribution in [2.75, 3.05) is 13.1 Å². The number of amides is 4.